The Morgan fingerprint density at radius 3 is 2.74 bits per heavy atom. The summed E-state index contributed by atoms with van der Waals surface area (Å²) in [7, 11) is 0. The van der Waals surface area contributed by atoms with Gasteiger partial charge in [-0.3, -0.25) is 24.8 Å². The molecular formula is C19H19N3O4S. The molecule has 3 rings (SSSR count). The van der Waals surface area contributed by atoms with Crippen molar-refractivity contribution >= 4 is 34.6 Å². The number of carbonyl (C=O) groups is 1. The Bertz CT molecular complexity index is 962. The van der Waals surface area contributed by atoms with Crippen molar-refractivity contribution in [2.45, 2.75) is 20.8 Å². The molecule has 0 N–H and O–H groups in total. The summed E-state index contributed by atoms with van der Waals surface area (Å²) in [6, 6.07) is 8.15. The summed E-state index contributed by atoms with van der Waals surface area (Å²) >= 11 is 1.32. The third-order valence-corrected chi connectivity index (χ3v) is 5.14. The number of amidine groups is 1. The fraction of sp³-hybridized carbons (Fsp3) is 0.263. The standard InChI is InChI=1S/C19H19N3O4S/c1-4-20-19-21(5-2)18(23)17(27-19)11-14-8-9-16(26-14)15-10-13(22(24)25)7-6-12(15)3/h6-11H,4-5H2,1-3H3/b17-11+,20-19?. The molecule has 7 nitrogen and oxygen atoms in total. The van der Waals surface area contributed by atoms with Crippen molar-refractivity contribution in [2.24, 2.45) is 4.99 Å². The number of likely N-dealkylation sites (N-methyl/N-ethyl adjacent to an activating group) is 1. The van der Waals surface area contributed by atoms with E-state index in [4.69, 9.17) is 4.42 Å². The molecule has 1 aromatic heterocycles. The van der Waals surface area contributed by atoms with Crippen molar-refractivity contribution in [3.63, 3.8) is 0 Å². The average Bonchev–Trinajstić information content (AvgIpc) is 3.21. The molecule has 1 aliphatic rings. The molecule has 2 aromatic rings. The van der Waals surface area contributed by atoms with E-state index in [2.05, 4.69) is 4.99 Å². The summed E-state index contributed by atoms with van der Waals surface area (Å²) in [6.07, 6.45) is 1.68. The fourth-order valence-corrected chi connectivity index (χ4v) is 3.82. The summed E-state index contributed by atoms with van der Waals surface area (Å²) in [5, 5.41) is 11.7. The van der Waals surface area contributed by atoms with Crippen molar-refractivity contribution in [1.29, 1.82) is 0 Å². The normalized spacial score (nSPS) is 17.3. The van der Waals surface area contributed by atoms with Crippen LogP contribution in [0.15, 0.2) is 44.6 Å². The number of hydrogen-bond acceptors (Lipinski definition) is 6. The molecule has 0 radical (unpaired) electrons. The molecule has 0 bridgehead atoms. The first-order chi connectivity index (χ1) is 12.9. The maximum Gasteiger partial charge on any atom is 0.270 e. The topological polar surface area (TPSA) is 89.0 Å². The molecule has 140 valence electrons. The number of nitrogens with zero attached hydrogens (tertiary/aromatic N) is 3. The van der Waals surface area contributed by atoms with Crippen molar-refractivity contribution in [1.82, 2.24) is 4.90 Å². The van der Waals surface area contributed by atoms with Crippen LogP contribution in [0.1, 0.15) is 25.2 Å². The van der Waals surface area contributed by atoms with Crippen LogP contribution in [0.25, 0.3) is 17.4 Å². The van der Waals surface area contributed by atoms with Crippen LogP contribution in [-0.2, 0) is 4.79 Å². The number of aryl methyl sites for hydroxylation is 1. The number of hydrogen-bond donors (Lipinski definition) is 0. The lowest BCUT2D eigenvalue weighted by atomic mass is 10.1. The smallest absolute Gasteiger partial charge is 0.270 e. The molecule has 0 unspecified atom stereocenters. The quantitative estimate of drug-likeness (QED) is 0.430. The maximum absolute atomic E-state index is 12.5. The lowest BCUT2D eigenvalue weighted by molar-refractivity contribution is -0.384. The summed E-state index contributed by atoms with van der Waals surface area (Å²) in [4.78, 5) is 29.6. The fourth-order valence-electron chi connectivity index (χ4n) is 2.73. The summed E-state index contributed by atoms with van der Waals surface area (Å²) in [5.41, 5.74) is 1.53. The van der Waals surface area contributed by atoms with E-state index in [1.54, 1.807) is 29.2 Å². The van der Waals surface area contributed by atoms with Crippen molar-refractivity contribution in [3.05, 3.63) is 56.7 Å². The molecule has 0 aliphatic carbocycles. The number of aliphatic imine (C=N–C) groups is 1. The Hall–Kier alpha value is -2.87. The minimum atomic E-state index is -0.434. The number of non-ortho nitro benzene ring substituents is 1. The number of benzene rings is 1. The molecule has 2 heterocycles. The molecule has 1 saturated heterocycles. The van der Waals surface area contributed by atoms with Gasteiger partial charge >= 0.3 is 0 Å². The highest BCUT2D eigenvalue weighted by Crippen LogP contribution is 2.34. The lowest BCUT2D eigenvalue weighted by Gasteiger charge is -2.11. The SMILES string of the molecule is CCN=C1S/C(=C/c2ccc(-c3cc([N+](=O)[O-])ccc3C)o2)C(=O)N1CC. The number of furan rings is 1. The van der Waals surface area contributed by atoms with E-state index in [1.807, 2.05) is 20.8 Å². The minimum absolute atomic E-state index is 0.00689. The highest BCUT2D eigenvalue weighted by Gasteiger charge is 2.32. The molecule has 8 heteroatoms. The van der Waals surface area contributed by atoms with Gasteiger partial charge in [-0.2, -0.15) is 0 Å². The van der Waals surface area contributed by atoms with Gasteiger partial charge in [0.2, 0.25) is 0 Å². The largest absolute Gasteiger partial charge is 0.457 e. The monoisotopic (exact) mass is 385 g/mol. The van der Waals surface area contributed by atoms with E-state index >= 15 is 0 Å². The molecule has 0 saturated carbocycles. The Balaban J connectivity index is 1.92. The summed E-state index contributed by atoms with van der Waals surface area (Å²) < 4.78 is 5.84. The van der Waals surface area contributed by atoms with E-state index in [1.165, 1.54) is 23.9 Å². The van der Waals surface area contributed by atoms with E-state index < -0.39 is 4.92 Å². The number of rotatable bonds is 5. The van der Waals surface area contributed by atoms with Gasteiger partial charge in [-0.1, -0.05) is 6.07 Å². The third kappa shape index (κ3) is 3.80. The van der Waals surface area contributed by atoms with Gasteiger partial charge in [0.05, 0.1) is 9.83 Å². The van der Waals surface area contributed by atoms with Crippen molar-refractivity contribution < 1.29 is 14.1 Å². The van der Waals surface area contributed by atoms with E-state index in [0.717, 1.165) is 5.56 Å². The van der Waals surface area contributed by atoms with Crippen LogP contribution in [0.4, 0.5) is 5.69 Å². The van der Waals surface area contributed by atoms with Crippen LogP contribution >= 0.6 is 11.8 Å². The molecule has 1 amide bonds. The van der Waals surface area contributed by atoms with Gasteiger partial charge in [0.15, 0.2) is 5.17 Å². The summed E-state index contributed by atoms with van der Waals surface area (Å²) in [5.74, 6) is 0.938. The van der Waals surface area contributed by atoms with Crippen LogP contribution in [0, 0.1) is 17.0 Å². The molecular weight excluding hydrogens is 366 g/mol. The molecule has 0 spiro atoms. The third-order valence-electron chi connectivity index (χ3n) is 4.10. The van der Waals surface area contributed by atoms with Gasteiger partial charge in [-0.15, -0.1) is 0 Å². The Labute approximate surface area is 160 Å². The second-order valence-corrected chi connectivity index (χ2v) is 6.88. The lowest BCUT2D eigenvalue weighted by Crippen LogP contribution is -2.28. The first-order valence-electron chi connectivity index (χ1n) is 8.55. The molecule has 1 aromatic carbocycles. The zero-order valence-electron chi connectivity index (χ0n) is 15.3. The second kappa shape index (κ2) is 7.79. The number of nitro benzene ring substituents is 1. The Morgan fingerprint density at radius 2 is 2.07 bits per heavy atom. The van der Waals surface area contributed by atoms with Gasteiger partial charge in [0, 0.05) is 36.9 Å². The molecule has 1 fully saturated rings. The van der Waals surface area contributed by atoms with Crippen LogP contribution in [0.3, 0.4) is 0 Å². The minimum Gasteiger partial charge on any atom is -0.457 e. The van der Waals surface area contributed by atoms with Crippen molar-refractivity contribution in [3.8, 4) is 11.3 Å². The first-order valence-corrected chi connectivity index (χ1v) is 9.37. The van der Waals surface area contributed by atoms with Gasteiger partial charge < -0.3 is 4.42 Å². The number of amides is 1. The Kier molecular flexibility index (Phi) is 5.46. The molecule has 1 aliphatic heterocycles. The van der Waals surface area contributed by atoms with E-state index in [0.29, 0.717) is 40.2 Å². The zero-order chi connectivity index (χ0) is 19.6. The van der Waals surface area contributed by atoms with Crippen molar-refractivity contribution in [2.75, 3.05) is 13.1 Å². The number of thioether (sulfide) groups is 1. The predicted molar refractivity (Wildman–Crippen MR) is 106 cm³/mol. The zero-order valence-corrected chi connectivity index (χ0v) is 16.1. The molecule has 0 atom stereocenters. The van der Waals surface area contributed by atoms with Gasteiger partial charge in [-0.05, 0) is 50.2 Å². The van der Waals surface area contributed by atoms with Gasteiger partial charge in [-0.25, -0.2) is 0 Å². The second-order valence-electron chi connectivity index (χ2n) is 5.88. The van der Waals surface area contributed by atoms with Crippen LogP contribution in [-0.4, -0.2) is 34.0 Å². The van der Waals surface area contributed by atoms with Crippen LogP contribution in [0.2, 0.25) is 0 Å². The van der Waals surface area contributed by atoms with Crippen LogP contribution < -0.4 is 0 Å². The van der Waals surface area contributed by atoms with E-state index in [9.17, 15) is 14.9 Å². The highest BCUT2D eigenvalue weighted by molar-refractivity contribution is 8.18. The summed E-state index contributed by atoms with van der Waals surface area (Å²) in [6.45, 7) is 6.85. The van der Waals surface area contributed by atoms with Crippen LogP contribution in [0.5, 0.6) is 0 Å². The van der Waals surface area contributed by atoms with Gasteiger partial charge in [0.25, 0.3) is 11.6 Å². The maximum atomic E-state index is 12.5. The highest BCUT2D eigenvalue weighted by atomic mass is 32.2. The number of nitro groups is 1. The number of carbonyl (C=O) groups excluding carboxylic acids is 1. The average molecular weight is 385 g/mol. The predicted octanol–water partition coefficient (Wildman–Crippen LogP) is 4.48. The van der Waals surface area contributed by atoms with E-state index in [-0.39, 0.29) is 11.6 Å². The Morgan fingerprint density at radius 1 is 1.30 bits per heavy atom. The first kappa shape index (κ1) is 18.9. The molecule has 27 heavy (non-hydrogen) atoms. The van der Waals surface area contributed by atoms with Gasteiger partial charge in [0.1, 0.15) is 11.5 Å².